The van der Waals surface area contributed by atoms with Gasteiger partial charge in [-0.05, 0) is 62.3 Å². The number of phenolic OH excluding ortho intramolecular Hbond substituents is 1. The van der Waals surface area contributed by atoms with Crippen LogP contribution >= 0.6 is 0 Å². The standard InChI is InChI=1S/C27H30O/c1-26(2,3)24-21(14-15-23(28)25(24)27(4,5)6)20-13-9-12-19-18-11-8-7-10-17(18)16-22(19)20/h7-15,28H,16H2,1-6H3. The van der Waals surface area contributed by atoms with Crippen LogP contribution in [0.5, 0.6) is 5.75 Å². The Kier molecular flexibility index (Phi) is 4.19. The third-order valence-corrected chi connectivity index (χ3v) is 5.82. The molecule has 3 aromatic rings. The van der Waals surface area contributed by atoms with Crippen molar-refractivity contribution in [1.29, 1.82) is 0 Å². The highest BCUT2D eigenvalue weighted by Crippen LogP contribution is 2.48. The smallest absolute Gasteiger partial charge is 0.119 e. The van der Waals surface area contributed by atoms with Crippen molar-refractivity contribution in [1.82, 2.24) is 0 Å². The molecule has 0 unspecified atom stereocenters. The topological polar surface area (TPSA) is 20.2 Å². The fourth-order valence-electron chi connectivity index (χ4n) is 4.76. The maximum absolute atomic E-state index is 10.8. The summed E-state index contributed by atoms with van der Waals surface area (Å²) in [5.74, 6) is 0.400. The van der Waals surface area contributed by atoms with E-state index in [-0.39, 0.29) is 10.8 Å². The highest BCUT2D eigenvalue weighted by atomic mass is 16.3. The van der Waals surface area contributed by atoms with Crippen LogP contribution in [0.4, 0.5) is 0 Å². The molecular formula is C27H30O. The van der Waals surface area contributed by atoms with Gasteiger partial charge in [0.1, 0.15) is 5.75 Å². The van der Waals surface area contributed by atoms with E-state index in [1.165, 1.54) is 38.9 Å². The van der Waals surface area contributed by atoms with Crippen LogP contribution < -0.4 is 0 Å². The molecule has 1 nitrogen and oxygen atoms in total. The average molecular weight is 371 g/mol. The van der Waals surface area contributed by atoms with Crippen molar-refractivity contribution in [3.63, 3.8) is 0 Å². The molecule has 0 atom stereocenters. The molecule has 4 rings (SSSR count). The molecule has 1 aliphatic carbocycles. The molecule has 0 heterocycles. The van der Waals surface area contributed by atoms with Crippen LogP contribution in [0, 0.1) is 0 Å². The molecule has 0 aromatic heterocycles. The average Bonchev–Trinajstić information content (AvgIpc) is 2.98. The summed E-state index contributed by atoms with van der Waals surface area (Å²) in [6.45, 7) is 13.3. The van der Waals surface area contributed by atoms with Gasteiger partial charge < -0.3 is 5.11 Å². The number of fused-ring (bicyclic) bond motifs is 3. The molecule has 0 spiro atoms. The summed E-state index contributed by atoms with van der Waals surface area (Å²) in [7, 11) is 0. The van der Waals surface area contributed by atoms with Gasteiger partial charge in [0.25, 0.3) is 0 Å². The number of hydrogen-bond acceptors (Lipinski definition) is 1. The molecule has 0 fully saturated rings. The van der Waals surface area contributed by atoms with Crippen molar-refractivity contribution >= 4 is 0 Å². The third kappa shape index (κ3) is 2.94. The van der Waals surface area contributed by atoms with Crippen LogP contribution in [0.2, 0.25) is 0 Å². The second-order valence-corrected chi connectivity index (χ2v) is 10.0. The zero-order valence-corrected chi connectivity index (χ0v) is 17.9. The van der Waals surface area contributed by atoms with E-state index < -0.39 is 0 Å². The highest BCUT2D eigenvalue weighted by molar-refractivity contribution is 5.86. The van der Waals surface area contributed by atoms with Gasteiger partial charge in [-0.3, -0.25) is 0 Å². The van der Waals surface area contributed by atoms with E-state index in [0.29, 0.717) is 5.75 Å². The minimum atomic E-state index is -0.135. The van der Waals surface area contributed by atoms with Gasteiger partial charge in [-0.25, -0.2) is 0 Å². The van der Waals surface area contributed by atoms with Crippen LogP contribution in [0.25, 0.3) is 22.3 Å². The van der Waals surface area contributed by atoms with Crippen LogP contribution in [0.3, 0.4) is 0 Å². The summed E-state index contributed by atoms with van der Waals surface area (Å²) in [6, 6.07) is 19.4. The second kappa shape index (κ2) is 6.24. The number of phenols is 1. The molecule has 1 aliphatic rings. The predicted molar refractivity (Wildman–Crippen MR) is 119 cm³/mol. The number of benzene rings is 3. The summed E-state index contributed by atoms with van der Waals surface area (Å²) >= 11 is 0. The lowest BCUT2D eigenvalue weighted by Gasteiger charge is -2.33. The molecule has 28 heavy (non-hydrogen) atoms. The van der Waals surface area contributed by atoms with Gasteiger partial charge in [0.05, 0.1) is 0 Å². The van der Waals surface area contributed by atoms with E-state index in [9.17, 15) is 5.11 Å². The minimum Gasteiger partial charge on any atom is -0.508 e. The van der Waals surface area contributed by atoms with Crippen molar-refractivity contribution in [3.8, 4) is 28.0 Å². The summed E-state index contributed by atoms with van der Waals surface area (Å²) in [5, 5.41) is 10.8. The first-order chi connectivity index (χ1) is 13.1. The summed E-state index contributed by atoms with van der Waals surface area (Å²) in [5.41, 5.74) is 10.1. The largest absolute Gasteiger partial charge is 0.508 e. The molecule has 0 bridgehead atoms. The predicted octanol–water partition coefficient (Wildman–Crippen LogP) is 7.23. The highest BCUT2D eigenvalue weighted by Gasteiger charge is 2.32. The second-order valence-electron chi connectivity index (χ2n) is 10.0. The number of rotatable bonds is 1. The normalized spacial score (nSPS) is 13.4. The lowest BCUT2D eigenvalue weighted by Crippen LogP contribution is -2.23. The van der Waals surface area contributed by atoms with E-state index >= 15 is 0 Å². The van der Waals surface area contributed by atoms with Crippen molar-refractivity contribution in [2.24, 2.45) is 0 Å². The third-order valence-electron chi connectivity index (χ3n) is 5.82. The first kappa shape index (κ1) is 18.8. The van der Waals surface area contributed by atoms with Crippen LogP contribution in [0.15, 0.2) is 54.6 Å². The van der Waals surface area contributed by atoms with Gasteiger partial charge in [0.15, 0.2) is 0 Å². The van der Waals surface area contributed by atoms with Gasteiger partial charge >= 0.3 is 0 Å². The maximum Gasteiger partial charge on any atom is 0.119 e. The van der Waals surface area contributed by atoms with Crippen molar-refractivity contribution < 1.29 is 5.11 Å². The number of aromatic hydroxyl groups is 1. The fourth-order valence-corrected chi connectivity index (χ4v) is 4.76. The molecule has 1 N–H and O–H groups in total. The maximum atomic E-state index is 10.8. The minimum absolute atomic E-state index is 0.0785. The Morgan fingerprint density at radius 1 is 0.607 bits per heavy atom. The molecule has 1 heteroatoms. The van der Waals surface area contributed by atoms with Crippen molar-refractivity contribution in [2.45, 2.75) is 58.8 Å². The van der Waals surface area contributed by atoms with E-state index in [1.54, 1.807) is 0 Å². The molecule has 3 aromatic carbocycles. The quantitative estimate of drug-likeness (QED) is 0.375. The Bertz CT molecular complexity index is 1060. The Balaban J connectivity index is 2.03. The lowest BCUT2D eigenvalue weighted by atomic mass is 9.71. The van der Waals surface area contributed by atoms with Gasteiger partial charge in [0, 0.05) is 5.56 Å². The monoisotopic (exact) mass is 370 g/mol. The Morgan fingerprint density at radius 3 is 1.82 bits per heavy atom. The van der Waals surface area contributed by atoms with Gasteiger partial charge in [-0.1, -0.05) is 90.1 Å². The molecule has 0 saturated heterocycles. The van der Waals surface area contributed by atoms with Gasteiger partial charge in [-0.15, -0.1) is 0 Å². The van der Waals surface area contributed by atoms with Crippen LogP contribution in [-0.4, -0.2) is 5.11 Å². The Hall–Kier alpha value is -2.54. The molecule has 0 radical (unpaired) electrons. The van der Waals surface area contributed by atoms with E-state index in [1.807, 2.05) is 6.07 Å². The van der Waals surface area contributed by atoms with Gasteiger partial charge in [-0.2, -0.15) is 0 Å². The van der Waals surface area contributed by atoms with Crippen molar-refractivity contribution in [3.05, 3.63) is 76.9 Å². The molecular weight excluding hydrogens is 340 g/mol. The zero-order chi connectivity index (χ0) is 20.3. The summed E-state index contributed by atoms with van der Waals surface area (Å²) < 4.78 is 0. The zero-order valence-electron chi connectivity index (χ0n) is 17.9. The molecule has 144 valence electrons. The van der Waals surface area contributed by atoms with E-state index in [2.05, 4.69) is 90.1 Å². The summed E-state index contributed by atoms with van der Waals surface area (Å²) in [6.07, 6.45) is 0.969. The number of hydrogen-bond donors (Lipinski definition) is 1. The lowest BCUT2D eigenvalue weighted by molar-refractivity contribution is 0.436. The molecule has 0 amide bonds. The summed E-state index contributed by atoms with van der Waals surface area (Å²) in [4.78, 5) is 0. The van der Waals surface area contributed by atoms with Crippen LogP contribution in [0.1, 0.15) is 63.8 Å². The fraction of sp³-hybridized carbons (Fsp3) is 0.333. The van der Waals surface area contributed by atoms with Gasteiger partial charge in [0.2, 0.25) is 0 Å². The molecule has 0 saturated carbocycles. The van der Waals surface area contributed by atoms with E-state index in [0.717, 1.165) is 12.0 Å². The first-order valence-corrected chi connectivity index (χ1v) is 10.2. The van der Waals surface area contributed by atoms with Crippen LogP contribution in [-0.2, 0) is 17.3 Å². The SMILES string of the molecule is CC(C)(C)c1c(O)ccc(-c2cccc3c2Cc2ccccc2-3)c1C(C)(C)C. The van der Waals surface area contributed by atoms with Crippen molar-refractivity contribution in [2.75, 3.05) is 0 Å². The van der Waals surface area contributed by atoms with E-state index in [4.69, 9.17) is 0 Å². The first-order valence-electron chi connectivity index (χ1n) is 10.2. The Labute approximate surface area is 169 Å². The Morgan fingerprint density at radius 2 is 1.18 bits per heavy atom. The molecule has 0 aliphatic heterocycles.